The fourth-order valence-corrected chi connectivity index (χ4v) is 4.24. The van der Waals surface area contributed by atoms with Crippen molar-refractivity contribution in [1.29, 1.82) is 0 Å². The van der Waals surface area contributed by atoms with E-state index >= 15 is 0 Å². The second-order valence-corrected chi connectivity index (χ2v) is 7.87. The Morgan fingerprint density at radius 2 is 1.47 bits per heavy atom. The van der Waals surface area contributed by atoms with Gasteiger partial charge in [-0.3, -0.25) is 0 Å². The van der Waals surface area contributed by atoms with Gasteiger partial charge < -0.3 is 14.4 Å². The first-order chi connectivity index (χ1) is 16.6. The highest BCUT2D eigenvalue weighted by molar-refractivity contribution is 5.93. The van der Waals surface area contributed by atoms with Crippen molar-refractivity contribution in [3.63, 3.8) is 0 Å². The lowest BCUT2D eigenvalue weighted by Crippen LogP contribution is -2.54. The van der Waals surface area contributed by atoms with E-state index in [0.717, 1.165) is 28.1 Å². The molecule has 0 N–H and O–H groups in total. The zero-order chi connectivity index (χ0) is 24.4. The quantitative estimate of drug-likeness (QED) is 0.243. The molecule has 3 aromatic carbocycles. The number of methoxy groups -OCH3 is 1. The molecule has 0 radical (unpaired) electrons. The van der Waals surface area contributed by atoms with Crippen molar-refractivity contribution in [1.82, 2.24) is 0 Å². The molecule has 176 valence electrons. The van der Waals surface area contributed by atoms with E-state index in [9.17, 15) is 4.79 Å². The van der Waals surface area contributed by atoms with E-state index in [0.29, 0.717) is 13.0 Å². The average Bonchev–Trinajstić information content (AvgIpc) is 2.89. The summed E-state index contributed by atoms with van der Waals surface area (Å²) in [6.45, 7) is 8.75. The monoisotopic (exact) mass is 455 g/mol. The molecule has 0 fully saturated rings. The molecule has 0 amide bonds. The van der Waals surface area contributed by atoms with Gasteiger partial charge in [-0.15, -0.1) is 6.58 Å². The molecule has 4 heteroatoms. The molecule has 1 unspecified atom stereocenters. The Bertz CT molecular complexity index is 1050. The minimum Gasteiger partial charge on any atom is -0.497 e. The van der Waals surface area contributed by atoms with Crippen LogP contribution in [0.5, 0.6) is 5.75 Å². The van der Waals surface area contributed by atoms with Crippen LogP contribution in [0.15, 0.2) is 104 Å². The molecule has 0 saturated heterocycles. The van der Waals surface area contributed by atoms with Crippen LogP contribution in [-0.2, 0) is 9.53 Å². The number of likely N-dealkylation sites (N-methyl/N-ethyl adjacent to an activating group) is 1. The van der Waals surface area contributed by atoms with E-state index in [4.69, 9.17) is 9.47 Å². The summed E-state index contributed by atoms with van der Waals surface area (Å²) in [5.74, 6) is 0.451. The summed E-state index contributed by atoms with van der Waals surface area (Å²) in [6.07, 6.45) is 4.22. The maximum absolute atomic E-state index is 13.8. The number of benzene rings is 3. The van der Waals surface area contributed by atoms with Gasteiger partial charge in [-0.1, -0.05) is 66.7 Å². The Morgan fingerprint density at radius 3 is 1.91 bits per heavy atom. The first kappa shape index (κ1) is 24.8. The Balaban J connectivity index is 2.30. The number of nitrogens with zero attached hydrogens (tertiary/aromatic N) is 1. The van der Waals surface area contributed by atoms with Gasteiger partial charge in [-0.25, -0.2) is 4.79 Å². The lowest BCUT2D eigenvalue weighted by Gasteiger charge is -2.41. The van der Waals surface area contributed by atoms with Crippen molar-refractivity contribution in [2.24, 2.45) is 0 Å². The second kappa shape index (κ2) is 11.9. The van der Waals surface area contributed by atoms with Crippen molar-refractivity contribution < 1.29 is 14.3 Å². The van der Waals surface area contributed by atoms with Crippen LogP contribution in [0.1, 0.15) is 31.4 Å². The molecule has 0 aliphatic heterocycles. The van der Waals surface area contributed by atoms with Crippen LogP contribution < -0.4 is 9.64 Å². The molecule has 3 aromatic rings. The number of rotatable bonds is 11. The fourth-order valence-electron chi connectivity index (χ4n) is 4.24. The Hall–Kier alpha value is -3.79. The minimum atomic E-state index is -1.10. The number of esters is 1. The van der Waals surface area contributed by atoms with Crippen LogP contribution in [0.3, 0.4) is 0 Å². The van der Waals surface area contributed by atoms with Gasteiger partial charge in [0.2, 0.25) is 0 Å². The number of carbonyl (C=O) groups is 1. The summed E-state index contributed by atoms with van der Waals surface area (Å²) < 4.78 is 11.0. The van der Waals surface area contributed by atoms with E-state index < -0.39 is 5.54 Å². The van der Waals surface area contributed by atoms with Gasteiger partial charge in [0, 0.05) is 18.7 Å². The maximum Gasteiger partial charge on any atom is 0.336 e. The van der Waals surface area contributed by atoms with Crippen molar-refractivity contribution >= 4 is 17.2 Å². The predicted molar refractivity (Wildman–Crippen MR) is 140 cm³/mol. The van der Waals surface area contributed by atoms with E-state index in [1.807, 2.05) is 80.6 Å². The molecule has 0 aliphatic rings. The van der Waals surface area contributed by atoms with E-state index in [1.165, 1.54) is 0 Å². The number of hydrogen-bond acceptors (Lipinski definition) is 4. The first-order valence-corrected chi connectivity index (χ1v) is 11.6. The third kappa shape index (κ3) is 5.40. The molecule has 0 aromatic heterocycles. The van der Waals surface area contributed by atoms with Crippen LogP contribution in [0.4, 0.5) is 5.69 Å². The standard InChI is InChI=1S/C30H33NO3/c1-5-22-30(29(32)34-7-3,31(6-2)26-18-20-27(33-4)21-19-26)23-28(24-14-10-8-11-15-24)25-16-12-9-13-17-25/h5,8-21,23H,1,6-7,22H2,2-4H3. The molecular weight excluding hydrogens is 422 g/mol. The van der Waals surface area contributed by atoms with E-state index in [-0.39, 0.29) is 12.6 Å². The molecule has 0 saturated carbocycles. The smallest absolute Gasteiger partial charge is 0.336 e. The molecule has 1 atom stereocenters. The summed E-state index contributed by atoms with van der Waals surface area (Å²) >= 11 is 0. The zero-order valence-electron chi connectivity index (χ0n) is 20.2. The van der Waals surface area contributed by atoms with Gasteiger partial charge in [-0.2, -0.15) is 0 Å². The van der Waals surface area contributed by atoms with Gasteiger partial charge >= 0.3 is 5.97 Å². The Morgan fingerprint density at radius 1 is 0.912 bits per heavy atom. The average molecular weight is 456 g/mol. The third-order valence-corrected chi connectivity index (χ3v) is 5.82. The molecule has 0 spiro atoms. The summed E-state index contributed by atoms with van der Waals surface area (Å²) in [7, 11) is 1.64. The topological polar surface area (TPSA) is 38.8 Å². The third-order valence-electron chi connectivity index (χ3n) is 5.82. The molecule has 0 aliphatic carbocycles. The van der Waals surface area contributed by atoms with Crippen molar-refractivity contribution in [3.8, 4) is 5.75 Å². The van der Waals surface area contributed by atoms with Crippen LogP contribution in [0, 0.1) is 0 Å². The lowest BCUT2D eigenvalue weighted by molar-refractivity contribution is -0.147. The van der Waals surface area contributed by atoms with Crippen molar-refractivity contribution in [3.05, 3.63) is 115 Å². The number of ether oxygens (including phenoxy) is 2. The second-order valence-electron chi connectivity index (χ2n) is 7.87. The summed E-state index contributed by atoms with van der Waals surface area (Å²) in [4.78, 5) is 15.9. The number of anilines is 1. The normalized spacial score (nSPS) is 12.2. The fraction of sp³-hybridized carbons (Fsp3) is 0.233. The Labute approximate surface area is 203 Å². The first-order valence-electron chi connectivity index (χ1n) is 11.6. The van der Waals surface area contributed by atoms with E-state index in [1.54, 1.807) is 13.2 Å². The van der Waals surface area contributed by atoms with Gasteiger partial charge in [0.15, 0.2) is 5.54 Å². The summed E-state index contributed by atoms with van der Waals surface area (Å²) in [6, 6.07) is 28.0. The van der Waals surface area contributed by atoms with Gasteiger partial charge in [0.1, 0.15) is 5.75 Å². The zero-order valence-corrected chi connectivity index (χ0v) is 20.2. The molecule has 0 bridgehead atoms. The lowest BCUT2D eigenvalue weighted by atomic mass is 9.85. The summed E-state index contributed by atoms with van der Waals surface area (Å²) in [5.41, 5.74) is 2.81. The predicted octanol–water partition coefficient (Wildman–Crippen LogP) is 6.53. The van der Waals surface area contributed by atoms with Crippen LogP contribution in [0.25, 0.3) is 5.57 Å². The molecule has 34 heavy (non-hydrogen) atoms. The van der Waals surface area contributed by atoms with Crippen LogP contribution in [-0.4, -0.2) is 31.8 Å². The van der Waals surface area contributed by atoms with Gasteiger partial charge in [0.05, 0.1) is 13.7 Å². The SMILES string of the molecule is C=CCC(C=C(c1ccccc1)c1ccccc1)(C(=O)OCC)N(CC)c1ccc(OC)cc1. The number of carbonyl (C=O) groups excluding carboxylic acids is 1. The van der Waals surface area contributed by atoms with Gasteiger partial charge in [0.25, 0.3) is 0 Å². The van der Waals surface area contributed by atoms with Crippen LogP contribution in [0.2, 0.25) is 0 Å². The summed E-state index contributed by atoms with van der Waals surface area (Å²) in [5, 5.41) is 0. The Kier molecular flexibility index (Phi) is 8.69. The highest BCUT2D eigenvalue weighted by Crippen LogP contribution is 2.36. The largest absolute Gasteiger partial charge is 0.497 e. The highest BCUT2D eigenvalue weighted by Gasteiger charge is 2.43. The molecule has 4 nitrogen and oxygen atoms in total. The van der Waals surface area contributed by atoms with E-state index in [2.05, 4.69) is 35.7 Å². The van der Waals surface area contributed by atoms with Crippen molar-refractivity contribution in [2.75, 3.05) is 25.2 Å². The minimum absolute atomic E-state index is 0.289. The maximum atomic E-state index is 13.8. The van der Waals surface area contributed by atoms with Crippen molar-refractivity contribution in [2.45, 2.75) is 25.8 Å². The van der Waals surface area contributed by atoms with Gasteiger partial charge in [-0.05, 0) is 60.9 Å². The molecular formula is C30H33NO3. The molecule has 3 rings (SSSR count). The van der Waals surface area contributed by atoms with Crippen LogP contribution >= 0.6 is 0 Å². The molecule has 0 heterocycles. The number of hydrogen-bond donors (Lipinski definition) is 0. The highest BCUT2D eigenvalue weighted by atomic mass is 16.5.